The monoisotopic (exact) mass is 322 g/mol. The molecule has 1 N–H and O–H groups in total. The number of benzene rings is 1. The molecule has 0 aliphatic heterocycles. The summed E-state index contributed by atoms with van der Waals surface area (Å²) < 4.78 is 48.7. The predicted molar refractivity (Wildman–Crippen MR) is 75.3 cm³/mol. The van der Waals surface area contributed by atoms with Gasteiger partial charge < -0.3 is 13.6 Å². The highest BCUT2D eigenvalue weighted by Crippen LogP contribution is 2.17. The van der Waals surface area contributed by atoms with E-state index in [0.29, 0.717) is 18.0 Å². The van der Waals surface area contributed by atoms with Gasteiger partial charge in [-0.05, 0) is 37.0 Å². The minimum absolute atomic E-state index is 0.450. The van der Waals surface area contributed by atoms with Crippen LogP contribution < -0.4 is 0 Å². The van der Waals surface area contributed by atoms with Crippen molar-refractivity contribution in [2.75, 3.05) is 14.2 Å². The Morgan fingerprint density at radius 2 is 1.48 bits per heavy atom. The van der Waals surface area contributed by atoms with Gasteiger partial charge in [0.05, 0.1) is 0 Å². The molecule has 7 heteroatoms. The van der Waals surface area contributed by atoms with E-state index in [1.54, 1.807) is 0 Å². The molecule has 0 fully saturated rings. The molecule has 120 valence electrons. The van der Waals surface area contributed by atoms with Crippen molar-refractivity contribution in [1.82, 2.24) is 0 Å². The lowest BCUT2D eigenvalue weighted by atomic mass is 10.1. The van der Waals surface area contributed by atoms with Crippen LogP contribution in [-0.4, -0.2) is 27.8 Å². The first-order valence-corrected chi connectivity index (χ1v) is 8.85. The van der Waals surface area contributed by atoms with Gasteiger partial charge in [-0.2, -0.15) is 0 Å². The minimum Gasteiger partial charge on any atom is -0.390 e. The van der Waals surface area contributed by atoms with E-state index >= 15 is 0 Å². The second kappa shape index (κ2) is 8.53. The molecule has 0 radical (unpaired) electrons. The molecule has 0 spiro atoms. The fraction of sp³-hybridized carbons (Fsp3) is 0.571. The summed E-state index contributed by atoms with van der Waals surface area (Å²) >= 11 is 0. The number of rotatable bonds is 9. The van der Waals surface area contributed by atoms with Gasteiger partial charge in [-0.15, -0.1) is 0 Å². The predicted octanol–water partition coefficient (Wildman–Crippen LogP) is 3.43. The van der Waals surface area contributed by atoms with Gasteiger partial charge in [0.1, 0.15) is 0 Å². The molecule has 21 heavy (non-hydrogen) atoms. The summed E-state index contributed by atoms with van der Waals surface area (Å²) in [5, 5.41) is 0. The molecule has 1 aromatic carbocycles. The van der Waals surface area contributed by atoms with Crippen molar-refractivity contribution in [2.45, 2.75) is 38.1 Å². The Morgan fingerprint density at radius 1 is 0.952 bits per heavy atom. The third-order valence-electron chi connectivity index (χ3n) is 3.39. The van der Waals surface area contributed by atoms with Crippen LogP contribution in [0.4, 0.5) is 13.2 Å². The van der Waals surface area contributed by atoms with Crippen molar-refractivity contribution in [1.29, 1.82) is 0 Å². The molecule has 0 heterocycles. The van der Waals surface area contributed by atoms with Crippen LogP contribution >= 0.6 is 0 Å². The number of hydrogen-bond acceptors (Lipinski definition) is 3. The second-order valence-corrected chi connectivity index (χ2v) is 7.65. The zero-order valence-electron chi connectivity index (χ0n) is 12.3. The smallest absolute Gasteiger partial charge is 0.390 e. The van der Waals surface area contributed by atoms with Gasteiger partial charge in [0.2, 0.25) is 0 Å². The first-order chi connectivity index (χ1) is 9.91. The lowest BCUT2D eigenvalue weighted by Gasteiger charge is -2.19. The third kappa shape index (κ3) is 5.78. The quantitative estimate of drug-likeness (QED) is 0.430. The maximum absolute atomic E-state index is 13.0. The number of aryl methyl sites for hydroxylation is 1. The average molecular weight is 322 g/mol. The summed E-state index contributed by atoms with van der Waals surface area (Å²) in [5.41, 5.74) is 0.450. The highest BCUT2D eigenvalue weighted by Gasteiger charge is 2.33. The van der Waals surface area contributed by atoms with E-state index in [-0.39, 0.29) is 0 Å². The third-order valence-corrected chi connectivity index (χ3v) is 5.65. The lowest BCUT2D eigenvalue weighted by molar-refractivity contribution is 0.150. The molecule has 0 atom stereocenters. The molecule has 3 nitrogen and oxygen atoms in total. The summed E-state index contributed by atoms with van der Waals surface area (Å²) in [4.78, 5) is 9.83. The van der Waals surface area contributed by atoms with Crippen LogP contribution in [0.3, 0.4) is 0 Å². The summed E-state index contributed by atoms with van der Waals surface area (Å²) in [6.45, 7) is 0. The number of halogens is 3. The Morgan fingerprint density at radius 3 is 2.00 bits per heavy atom. The maximum Gasteiger partial charge on any atom is 0.497 e. The Hall–Kier alpha value is -0.893. The maximum atomic E-state index is 13.0. The van der Waals surface area contributed by atoms with E-state index in [0.717, 1.165) is 37.8 Å². The van der Waals surface area contributed by atoms with Gasteiger partial charge in [-0.3, -0.25) is 0 Å². The van der Waals surface area contributed by atoms with Crippen LogP contribution in [0.2, 0.25) is 6.04 Å². The largest absolute Gasteiger partial charge is 0.497 e. The van der Waals surface area contributed by atoms with Gasteiger partial charge >= 0.3 is 8.80 Å². The Balaban J connectivity index is 2.26. The second-order valence-electron chi connectivity index (χ2n) is 4.91. The van der Waals surface area contributed by atoms with Crippen molar-refractivity contribution < 1.29 is 26.8 Å². The standard InChI is InChI=1S/C14H21F3O3Si/c1-19-21(18,20-2)8-6-4-3-5-7-11-9-12(15)14(17)13(16)10-11/h9-10,18H,3-8H2,1-2H3. The van der Waals surface area contributed by atoms with Crippen LogP contribution in [0.25, 0.3) is 0 Å². The Kier molecular flexibility index (Phi) is 7.37. The molecule has 0 saturated heterocycles. The normalized spacial score (nSPS) is 11.9. The van der Waals surface area contributed by atoms with Gasteiger partial charge in [0.25, 0.3) is 0 Å². The number of hydrogen-bond donors (Lipinski definition) is 1. The van der Waals surface area contributed by atoms with E-state index < -0.39 is 26.3 Å². The van der Waals surface area contributed by atoms with Gasteiger partial charge in [0, 0.05) is 20.3 Å². The molecule has 0 amide bonds. The summed E-state index contributed by atoms with van der Waals surface area (Å²) in [6, 6.07) is 2.54. The van der Waals surface area contributed by atoms with Crippen molar-refractivity contribution in [3.05, 3.63) is 35.1 Å². The van der Waals surface area contributed by atoms with Crippen LogP contribution in [0.15, 0.2) is 12.1 Å². The van der Waals surface area contributed by atoms with E-state index in [9.17, 15) is 18.0 Å². The van der Waals surface area contributed by atoms with Crippen molar-refractivity contribution in [2.24, 2.45) is 0 Å². The van der Waals surface area contributed by atoms with Crippen LogP contribution in [-0.2, 0) is 15.3 Å². The molecule has 1 rings (SSSR count). The highest BCUT2D eigenvalue weighted by molar-refractivity contribution is 6.59. The molecule has 0 bridgehead atoms. The van der Waals surface area contributed by atoms with E-state index in [4.69, 9.17) is 8.85 Å². The Bertz CT molecular complexity index is 430. The van der Waals surface area contributed by atoms with Crippen molar-refractivity contribution >= 4 is 8.80 Å². The van der Waals surface area contributed by atoms with Crippen molar-refractivity contribution in [3.8, 4) is 0 Å². The molecule has 0 aliphatic carbocycles. The first kappa shape index (κ1) is 18.2. The fourth-order valence-corrected chi connectivity index (χ4v) is 3.34. The SMILES string of the molecule is CO[Si](O)(CCCCCCc1cc(F)c(F)c(F)c1)OC. The van der Waals surface area contributed by atoms with Gasteiger partial charge in [-0.25, -0.2) is 13.2 Å². The fourth-order valence-electron chi connectivity index (χ4n) is 2.07. The van der Waals surface area contributed by atoms with E-state index in [1.807, 2.05) is 0 Å². The molecule has 0 aromatic heterocycles. The van der Waals surface area contributed by atoms with E-state index in [2.05, 4.69) is 0 Å². The molecule has 0 unspecified atom stereocenters. The Labute approximate surface area is 124 Å². The van der Waals surface area contributed by atoms with Crippen LogP contribution in [0, 0.1) is 17.5 Å². The minimum atomic E-state index is -2.98. The van der Waals surface area contributed by atoms with Crippen LogP contribution in [0.5, 0.6) is 0 Å². The average Bonchev–Trinajstić information content (AvgIpc) is 2.47. The summed E-state index contributed by atoms with van der Waals surface area (Å²) in [6.07, 6.45) is 3.69. The molecule has 0 aliphatic rings. The molecular weight excluding hydrogens is 301 g/mol. The zero-order valence-corrected chi connectivity index (χ0v) is 13.3. The van der Waals surface area contributed by atoms with Gasteiger partial charge in [-0.1, -0.05) is 12.8 Å². The molecule has 0 saturated carbocycles. The molecule has 1 aromatic rings. The summed E-state index contributed by atoms with van der Waals surface area (Å²) in [7, 11) is -0.136. The summed E-state index contributed by atoms with van der Waals surface area (Å²) in [5.74, 6) is -3.73. The zero-order chi connectivity index (χ0) is 15.9. The molecular formula is C14H21F3O3Si. The van der Waals surface area contributed by atoms with Crippen LogP contribution in [0.1, 0.15) is 31.2 Å². The number of unbranched alkanes of at least 4 members (excludes halogenated alkanes) is 3. The highest BCUT2D eigenvalue weighted by atomic mass is 28.4. The van der Waals surface area contributed by atoms with Gasteiger partial charge in [0.15, 0.2) is 17.5 Å². The first-order valence-electron chi connectivity index (χ1n) is 6.88. The van der Waals surface area contributed by atoms with E-state index in [1.165, 1.54) is 14.2 Å². The lowest BCUT2D eigenvalue weighted by Crippen LogP contribution is -2.39. The topological polar surface area (TPSA) is 38.7 Å². The van der Waals surface area contributed by atoms with Crippen molar-refractivity contribution in [3.63, 3.8) is 0 Å².